The predicted molar refractivity (Wildman–Crippen MR) is 44.4 cm³/mol. The van der Waals surface area contributed by atoms with Crippen molar-refractivity contribution in [3.8, 4) is 0 Å². The molecule has 0 saturated carbocycles. The molecule has 0 amide bonds. The van der Waals surface area contributed by atoms with E-state index in [9.17, 15) is 4.79 Å². The highest BCUT2D eigenvalue weighted by Gasteiger charge is 1.95. The number of hydrogen-bond donors (Lipinski definition) is 1. The third kappa shape index (κ3) is 7.33. The Kier molecular flexibility index (Phi) is 7.15. The molecule has 0 fully saturated rings. The molecular formula is C8H17NO2. The molecule has 66 valence electrons. The third-order valence-corrected chi connectivity index (χ3v) is 1.26. The van der Waals surface area contributed by atoms with Gasteiger partial charge in [-0.05, 0) is 13.0 Å². The Labute approximate surface area is 68.1 Å². The van der Waals surface area contributed by atoms with E-state index in [4.69, 9.17) is 4.74 Å². The van der Waals surface area contributed by atoms with Gasteiger partial charge in [0.1, 0.15) is 6.61 Å². The summed E-state index contributed by atoms with van der Waals surface area (Å²) in [6, 6.07) is 0. The number of rotatable bonds is 6. The van der Waals surface area contributed by atoms with Gasteiger partial charge < -0.3 is 10.1 Å². The average Bonchev–Trinajstić information content (AvgIpc) is 2.04. The van der Waals surface area contributed by atoms with E-state index < -0.39 is 0 Å². The van der Waals surface area contributed by atoms with E-state index in [-0.39, 0.29) is 5.97 Å². The summed E-state index contributed by atoms with van der Waals surface area (Å²) in [6.45, 7) is 6.14. The summed E-state index contributed by atoms with van der Waals surface area (Å²) < 4.78 is 4.84. The Balaban J connectivity index is 2.95. The zero-order chi connectivity index (χ0) is 8.53. The first-order valence-corrected chi connectivity index (χ1v) is 4.17. The zero-order valence-corrected chi connectivity index (χ0v) is 7.35. The molecule has 0 spiro atoms. The molecule has 0 bridgehead atoms. The minimum atomic E-state index is -0.122. The quantitative estimate of drug-likeness (QED) is 0.463. The number of carbonyl (C=O) groups is 1. The number of nitrogens with one attached hydrogen (secondary N) is 1. The maximum atomic E-state index is 10.6. The lowest BCUT2D eigenvalue weighted by molar-refractivity contribution is -0.143. The maximum Gasteiger partial charge on any atom is 0.305 e. The Hall–Kier alpha value is -0.570. The van der Waals surface area contributed by atoms with E-state index in [1.54, 1.807) is 6.92 Å². The summed E-state index contributed by atoms with van der Waals surface area (Å²) in [7, 11) is 0. The minimum Gasteiger partial charge on any atom is -0.464 e. The Bertz CT molecular complexity index is 104. The van der Waals surface area contributed by atoms with Crippen molar-refractivity contribution in [2.24, 2.45) is 0 Å². The second-order valence-corrected chi connectivity index (χ2v) is 2.32. The molecule has 1 N–H and O–H groups in total. The molecule has 0 aromatic rings. The van der Waals surface area contributed by atoms with Gasteiger partial charge in [-0.2, -0.15) is 0 Å². The summed E-state index contributed by atoms with van der Waals surface area (Å²) in [6.07, 6.45) is 1.58. The van der Waals surface area contributed by atoms with Crippen LogP contribution in [0, 0.1) is 0 Å². The fourth-order valence-corrected chi connectivity index (χ4v) is 0.641. The second kappa shape index (κ2) is 7.54. The molecule has 3 nitrogen and oxygen atoms in total. The summed E-state index contributed by atoms with van der Waals surface area (Å²) in [5.74, 6) is -0.122. The van der Waals surface area contributed by atoms with Crippen LogP contribution >= 0.6 is 0 Å². The molecular weight excluding hydrogens is 142 g/mol. The molecule has 0 aromatic carbocycles. The average molecular weight is 159 g/mol. The van der Waals surface area contributed by atoms with E-state index in [2.05, 4.69) is 12.2 Å². The Morgan fingerprint density at radius 3 is 2.64 bits per heavy atom. The van der Waals surface area contributed by atoms with Crippen LogP contribution < -0.4 is 5.32 Å². The SMILES string of the molecule is CCCNCCOC(=O)CC. The van der Waals surface area contributed by atoms with Crippen LogP contribution in [0.1, 0.15) is 26.7 Å². The van der Waals surface area contributed by atoms with Crippen LogP contribution in [-0.4, -0.2) is 25.7 Å². The zero-order valence-electron chi connectivity index (χ0n) is 7.35. The molecule has 0 atom stereocenters. The van der Waals surface area contributed by atoms with Crippen molar-refractivity contribution >= 4 is 5.97 Å². The van der Waals surface area contributed by atoms with Gasteiger partial charge in [0.2, 0.25) is 0 Å². The first-order chi connectivity index (χ1) is 5.31. The van der Waals surface area contributed by atoms with Crippen LogP contribution in [-0.2, 0) is 9.53 Å². The smallest absolute Gasteiger partial charge is 0.305 e. The van der Waals surface area contributed by atoms with Crippen molar-refractivity contribution < 1.29 is 9.53 Å². The summed E-state index contributed by atoms with van der Waals surface area (Å²) >= 11 is 0. The normalized spacial score (nSPS) is 9.64. The van der Waals surface area contributed by atoms with E-state index in [1.807, 2.05) is 0 Å². The molecule has 0 saturated heterocycles. The van der Waals surface area contributed by atoms with E-state index in [0.717, 1.165) is 19.5 Å². The lowest BCUT2D eigenvalue weighted by atomic mass is 10.5. The van der Waals surface area contributed by atoms with Crippen LogP contribution in [0.4, 0.5) is 0 Å². The largest absolute Gasteiger partial charge is 0.464 e. The highest BCUT2D eigenvalue weighted by Crippen LogP contribution is 1.82. The predicted octanol–water partition coefficient (Wildman–Crippen LogP) is 0.939. The number of carbonyl (C=O) groups excluding carboxylic acids is 1. The van der Waals surface area contributed by atoms with Crippen molar-refractivity contribution in [3.63, 3.8) is 0 Å². The highest BCUT2D eigenvalue weighted by molar-refractivity contribution is 5.68. The monoisotopic (exact) mass is 159 g/mol. The van der Waals surface area contributed by atoms with Gasteiger partial charge in [-0.25, -0.2) is 0 Å². The van der Waals surface area contributed by atoms with Crippen molar-refractivity contribution in [3.05, 3.63) is 0 Å². The molecule has 0 aliphatic heterocycles. The molecule has 11 heavy (non-hydrogen) atoms. The number of esters is 1. The molecule has 0 rings (SSSR count). The van der Waals surface area contributed by atoms with E-state index in [0.29, 0.717) is 13.0 Å². The van der Waals surface area contributed by atoms with Crippen LogP contribution in [0.25, 0.3) is 0 Å². The Morgan fingerprint density at radius 1 is 1.36 bits per heavy atom. The molecule has 0 aromatic heterocycles. The number of hydrogen-bond acceptors (Lipinski definition) is 3. The Morgan fingerprint density at radius 2 is 2.09 bits per heavy atom. The first-order valence-electron chi connectivity index (χ1n) is 4.17. The van der Waals surface area contributed by atoms with Gasteiger partial charge in [-0.1, -0.05) is 13.8 Å². The van der Waals surface area contributed by atoms with Crippen LogP contribution in [0.2, 0.25) is 0 Å². The standard InChI is InChI=1S/C8H17NO2/c1-3-5-9-6-7-11-8(10)4-2/h9H,3-7H2,1-2H3. The topological polar surface area (TPSA) is 38.3 Å². The van der Waals surface area contributed by atoms with Gasteiger partial charge >= 0.3 is 5.97 Å². The maximum absolute atomic E-state index is 10.6. The highest BCUT2D eigenvalue weighted by atomic mass is 16.5. The van der Waals surface area contributed by atoms with Crippen LogP contribution in [0.5, 0.6) is 0 Å². The van der Waals surface area contributed by atoms with E-state index in [1.165, 1.54) is 0 Å². The van der Waals surface area contributed by atoms with Crippen molar-refractivity contribution in [2.45, 2.75) is 26.7 Å². The number of ether oxygens (including phenoxy) is 1. The lowest BCUT2D eigenvalue weighted by Gasteiger charge is -2.03. The fourth-order valence-electron chi connectivity index (χ4n) is 0.641. The van der Waals surface area contributed by atoms with E-state index >= 15 is 0 Å². The minimum absolute atomic E-state index is 0.122. The van der Waals surface area contributed by atoms with Crippen molar-refractivity contribution in [1.82, 2.24) is 5.32 Å². The van der Waals surface area contributed by atoms with Gasteiger partial charge in [0.25, 0.3) is 0 Å². The molecule has 0 radical (unpaired) electrons. The lowest BCUT2D eigenvalue weighted by Crippen LogP contribution is -2.21. The van der Waals surface area contributed by atoms with Gasteiger partial charge in [0, 0.05) is 13.0 Å². The summed E-state index contributed by atoms with van der Waals surface area (Å²) in [5, 5.41) is 3.14. The van der Waals surface area contributed by atoms with Gasteiger partial charge in [0.15, 0.2) is 0 Å². The first kappa shape index (κ1) is 10.4. The third-order valence-electron chi connectivity index (χ3n) is 1.26. The molecule has 0 unspecified atom stereocenters. The van der Waals surface area contributed by atoms with Crippen molar-refractivity contribution in [2.75, 3.05) is 19.7 Å². The molecule has 3 heteroatoms. The fraction of sp³-hybridized carbons (Fsp3) is 0.875. The van der Waals surface area contributed by atoms with Crippen LogP contribution in [0.15, 0.2) is 0 Å². The van der Waals surface area contributed by atoms with Gasteiger partial charge in [-0.3, -0.25) is 4.79 Å². The van der Waals surface area contributed by atoms with Crippen molar-refractivity contribution in [1.29, 1.82) is 0 Å². The summed E-state index contributed by atoms with van der Waals surface area (Å²) in [4.78, 5) is 10.6. The molecule has 0 aliphatic carbocycles. The summed E-state index contributed by atoms with van der Waals surface area (Å²) in [5.41, 5.74) is 0. The van der Waals surface area contributed by atoms with Crippen LogP contribution in [0.3, 0.4) is 0 Å². The van der Waals surface area contributed by atoms with Gasteiger partial charge in [0.05, 0.1) is 0 Å². The second-order valence-electron chi connectivity index (χ2n) is 2.32. The molecule has 0 heterocycles. The molecule has 0 aliphatic rings. The van der Waals surface area contributed by atoms with Gasteiger partial charge in [-0.15, -0.1) is 0 Å².